The van der Waals surface area contributed by atoms with Crippen LogP contribution < -0.4 is 10.6 Å². The van der Waals surface area contributed by atoms with Gasteiger partial charge in [-0.05, 0) is 13.5 Å². The lowest BCUT2D eigenvalue weighted by molar-refractivity contribution is 0.151. The molecule has 10 heavy (non-hydrogen) atoms. The molecule has 0 atom stereocenters. The number of carbonyl (C=O) groups excluding carboxylic acids is 1. The molecular formula is C6H14N2O2. The number of hydrogen-bond acceptors (Lipinski definition) is 3. The zero-order chi connectivity index (χ0) is 7.82. The van der Waals surface area contributed by atoms with Crippen LogP contribution in [0.4, 0.5) is 4.79 Å². The Morgan fingerprint density at radius 2 is 2.20 bits per heavy atom. The summed E-state index contributed by atoms with van der Waals surface area (Å²) in [5, 5.41) is 5.44. The Bertz CT molecular complexity index is 95.7. The monoisotopic (exact) mass is 146 g/mol. The van der Waals surface area contributed by atoms with Gasteiger partial charge in [-0.2, -0.15) is 0 Å². The first-order valence-electron chi connectivity index (χ1n) is 3.42. The molecule has 2 N–H and O–H groups in total. The maximum atomic E-state index is 10.5. The van der Waals surface area contributed by atoms with Crippen LogP contribution in [0.1, 0.15) is 13.8 Å². The first-order chi connectivity index (χ1) is 4.81. The van der Waals surface area contributed by atoms with E-state index in [0.29, 0.717) is 13.3 Å². The summed E-state index contributed by atoms with van der Waals surface area (Å²) in [4.78, 5) is 10.5. The fraction of sp³-hybridized carbons (Fsp3) is 0.833. The smallest absolute Gasteiger partial charge is 0.408 e. The van der Waals surface area contributed by atoms with Crippen LogP contribution in [0.2, 0.25) is 0 Å². The Hall–Kier alpha value is -0.770. The third-order valence-corrected chi connectivity index (χ3v) is 0.883. The molecule has 0 saturated carbocycles. The van der Waals surface area contributed by atoms with E-state index in [1.807, 2.05) is 6.92 Å². The molecule has 0 aromatic heterocycles. The SMILES string of the molecule is CCNCNC(=O)OCC. The van der Waals surface area contributed by atoms with E-state index in [9.17, 15) is 4.79 Å². The van der Waals surface area contributed by atoms with Crippen LogP contribution in [0.15, 0.2) is 0 Å². The predicted octanol–water partition coefficient (Wildman–Crippen LogP) is 0.299. The maximum absolute atomic E-state index is 10.5. The molecule has 0 aliphatic carbocycles. The van der Waals surface area contributed by atoms with Gasteiger partial charge in [-0.15, -0.1) is 0 Å². The minimum absolute atomic E-state index is 0.372. The average molecular weight is 146 g/mol. The van der Waals surface area contributed by atoms with Gasteiger partial charge in [0.05, 0.1) is 13.3 Å². The van der Waals surface area contributed by atoms with Gasteiger partial charge in [0, 0.05) is 0 Å². The Kier molecular flexibility index (Phi) is 5.86. The highest BCUT2D eigenvalue weighted by atomic mass is 16.5. The molecule has 0 spiro atoms. The van der Waals surface area contributed by atoms with Crippen molar-refractivity contribution in [1.29, 1.82) is 0 Å². The summed E-state index contributed by atoms with van der Waals surface area (Å²) in [6.07, 6.45) is -0.372. The van der Waals surface area contributed by atoms with Gasteiger partial charge in [0.1, 0.15) is 0 Å². The largest absolute Gasteiger partial charge is 0.450 e. The van der Waals surface area contributed by atoms with E-state index in [4.69, 9.17) is 0 Å². The summed E-state index contributed by atoms with van der Waals surface area (Å²) in [5.41, 5.74) is 0. The second kappa shape index (κ2) is 6.35. The topological polar surface area (TPSA) is 50.4 Å². The summed E-state index contributed by atoms with van der Waals surface area (Å²) >= 11 is 0. The number of alkyl carbamates (subject to hydrolysis) is 1. The highest BCUT2D eigenvalue weighted by Gasteiger charge is 1.95. The van der Waals surface area contributed by atoms with Gasteiger partial charge in [-0.25, -0.2) is 4.79 Å². The van der Waals surface area contributed by atoms with Crippen molar-refractivity contribution in [3.8, 4) is 0 Å². The molecule has 60 valence electrons. The van der Waals surface area contributed by atoms with Crippen LogP contribution in [0.25, 0.3) is 0 Å². The van der Waals surface area contributed by atoms with E-state index < -0.39 is 0 Å². The maximum Gasteiger partial charge on any atom is 0.408 e. The van der Waals surface area contributed by atoms with E-state index in [2.05, 4.69) is 15.4 Å². The molecule has 0 aliphatic rings. The van der Waals surface area contributed by atoms with Crippen LogP contribution in [-0.2, 0) is 4.74 Å². The van der Waals surface area contributed by atoms with Crippen molar-refractivity contribution in [3.63, 3.8) is 0 Å². The number of amides is 1. The Labute approximate surface area is 60.9 Å². The molecule has 0 saturated heterocycles. The quantitative estimate of drug-likeness (QED) is 0.443. The number of ether oxygens (including phenoxy) is 1. The third kappa shape index (κ3) is 5.37. The first-order valence-corrected chi connectivity index (χ1v) is 3.42. The van der Waals surface area contributed by atoms with Crippen molar-refractivity contribution in [3.05, 3.63) is 0 Å². The Morgan fingerprint density at radius 3 is 2.70 bits per heavy atom. The fourth-order valence-corrected chi connectivity index (χ4v) is 0.442. The summed E-state index contributed by atoms with van der Waals surface area (Å²) in [6.45, 7) is 5.46. The molecule has 0 aromatic rings. The molecule has 4 heteroatoms. The third-order valence-electron chi connectivity index (χ3n) is 0.883. The summed E-state index contributed by atoms with van der Waals surface area (Å²) < 4.78 is 4.60. The van der Waals surface area contributed by atoms with E-state index in [-0.39, 0.29) is 6.09 Å². The van der Waals surface area contributed by atoms with Gasteiger partial charge in [-0.3, -0.25) is 0 Å². The second-order valence-corrected chi connectivity index (χ2v) is 1.68. The zero-order valence-corrected chi connectivity index (χ0v) is 6.44. The van der Waals surface area contributed by atoms with Crippen molar-refractivity contribution < 1.29 is 9.53 Å². The van der Waals surface area contributed by atoms with Gasteiger partial charge >= 0.3 is 6.09 Å². The molecule has 0 fully saturated rings. The Balaban J connectivity index is 3.05. The lowest BCUT2D eigenvalue weighted by Crippen LogP contribution is -2.33. The molecule has 0 unspecified atom stereocenters. The zero-order valence-electron chi connectivity index (χ0n) is 6.44. The summed E-state index contributed by atoms with van der Waals surface area (Å²) in [6, 6.07) is 0. The van der Waals surface area contributed by atoms with Crippen molar-refractivity contribution in [2.24, 2.45) is 0 Å². The number of carbonyl (C=O) groups is 1. The van der Waals surface area contributed by atoms with E-state index in [0.717, 1.165) is 6.54 Å². The molecule has 0 heterocycles. The molecule has 0 radical (unpaired) electrons. The first kappa shape index (κ1) is 9.23. The normalized spacial score (nSPS) is 9.00. The number of nitrogens with one attached hydrogen (secondary N) is 2. The predicted molar refractivity (Wildman–Crippen MR) is 38.7 cm³/mol. The second-order valence-electron chi connectivity index (χ2n) is 1.68. The van der Waals surface area contributed by atoms with E-state index >= 15 is 0 Å². The number of hydrogen-bond donors (Lipinski definition) is 2. The molecule has 1 amide bonds. The van der Waals surface area contributed by atoms with Crippen LogP contribution in [0.5, 0.6) is 0 Å². The standard InChI is InChI=1S/C6H14N2O2/c1-3-7-5-8-6(9)10-4-2/h7H,3-5H2,1-2H3,(H,8,9). The van der Waals surface area contributed by atoms with Crippen LogP contribution in [0, 0.1) is 0 Å². The highest BCUT2D eigenvalue weighted by Crippen LogP contribution is 1.72. The molecule has 4 nitrogen and oxygen atoms in total. The molecular weight excluding hydrogens is 132 g/mol. The molecule has 0 aliphatic heterocycles. The van der Waals surface area contributed by atoms with Crippen LogP contribution in [-0.4, -0.2) is 25.9 Å². The van der Waals surface area contributed by atoms with E-state index in [1.54, 1.807) is 6.92 Å². The van der Waals surface area contributed by atoms with Gasteiger partial charge in [-0.1, -0.05) is 6.92 Å². The average Bonchev–Trinajstić information content (AvgIpc) is 1.89. The number of rotatable bonds is 4. The highest BCUT2D eigenvalue weighted by molar-refractivity contribution is 5.66. The molecule has 0 rings (SSSR count). The Morgan fingerprint density at radius 1 is 1.50 bits per heavy atom. The lowest BCUT2D eigenvalue weighted by atomic mass is 10.7. The minimum atomic E-state index is -0.372. The van der Waals surface area contributed by atoms with Gasteiger partial charge in [0.15, 0.2) is 0 Å². The van der Waals surface area contributed by atoms with Crippen LogP contribution in [0.3, 0.4) is 0 Å². The minimum Gasteiger partial charge on any atom is -0.450 e. The van der Waals surface area contributed by atoms with Crippen molar-refractivity contribution in [2.45, 2.75) is 13.8 Å². The van der Waals surface area contributed by atoms with E-state index in [1.165, 1.54) is 0 Å². The van der Waals surface area contributed by atoms with Gasteiger partial charge < -0.3 is 15.4 Å². The fourth-order valence-electron chi connectivity index (χ4n) is 0.442. The molecule has 0 aromatic carbocycles. The summed E-state index contributed by atoms with van der Waals surface area (Å²) in [7, 11) is 0. The summed E-state index contributed by atoms with van der Waals surface area (Å²) in [5.74, 6) is 0. The van der Waals surface area contributed by atoms with Crippen molar-refractivity contribution >= 4 is 6.09 Å². The van der Waals surface area contributed by atoms with Crippen molar-refractivity contribution in [2.75, 3.05) is 19.8 Å². The van der Waals surface area contributed by atoms with Gasteiger partial charge in [0.2, 0.25) is 0 Å². The molecule has 0 bridgehead atoms. The van der Waals surface area contributed by atoms with Gasteiger partial charge in [0.25, 0.3) is 0 Å². The van der Waals surface area contributed by atoms with Crippen molar-refractivity contribution in [1.82, 2.24) is 10.6 Å². The lowest BCUT2D eigenvalue weighted by Gasteiger charge is -2.03. The van der Waals surface area contributed by atoms with Crippen LogP contribution >= 0.6 is 0 Å².